The van der Waals surface area contributed by atoms with Gasteiger partial charge < -0.3 is 20.1 Å². The van der Waals surface area contributed by atoms with E-state index in [9.17, 15) is 14.7 Å². The Bertz CT molecular complexity index is 1430. The van der Waals surface area contributed by atoms with E-state index in [1.54, 1.807) is 47.8 Å². The van der Waals surface area contributed by atoms with Crippen molar-refractivity contribution in [1.82, 2.24) is 29.3 Å². The molecule has 0 saturated carbocycles. The fourth-order valence-electron chi connectivity index (χ4n) is 4.25. The van der Waals surface area contributed by atoms with Crippen LogP contribution in [0.5, 0.6) is 5.75 Å². The van der Waals surface area contributed by atoms with Gasteiger partial charge in [-0.25, -0.2) is 9.50 Å². The summed E-state index contributed by atoms with van der Waals surface area (Å²) in [6.07, 6.45) is 7.10. The molecule has 1 fully saturated rings. The zero-order valence-corrected chi connectivity index (χ0v) is 20.2. The lowest BCUT2D eigenvalue weighted by Gasteiger charge is -2.15. The smallest absolute Gasteiger partial charge is 0.261 e. The van der Waals surface area contributed by atoms with E-state index in [0.29, 0.717) is 52.0 Å². The second-order valence-corrected chi connectivity index (χ2v) is 8.98. The third-order valence-corrected chi connectivity index (χ3v) is 6.33. The number of halogens is 1. The van der Waals surface area contributed by atoms with Crippen LogP contribution in [0.4, 0.5) is 5.69 Å². The van der Waals surface area contributed by atoms with Gasteiger partial charge in [-0.2, -0.15) is 10.2 Å². The van der Waals surface area contributed by atoms with Gasteiger partial charge in [-0.05, 0) is 30.7 Å². The summed E-state index contributed by atoms with van der Waals surface area (Å²) < 4.78 is 8.33. The summed E-state index contributed by atoms with van der Waals surface area (Å²) in [6.45, 7) is 1.15. The van der Waals surface area contributed by atoms with E-state index in [-0.39, 0.29) is 25.0 Å². The standard InChI is InChI=1S/C24H24ClN7O4/c1-36-18-8-16(7-17(25)9-18)22-20(28-24(35)19-10-27-32-5-2-4-26-23(19)32)12-31(29-22)13-21(34)30-6-3-15(11-30)14-33/h2,4-5,7-10,12,15,33H,3,6,11,13-14H2,1H3,(H,28,35)/t15-/m0/s1. The number of rotatable bonds is 7. The molecule has 0 aliphatic carbocycles. The average molecular weight is 510 g/mol. The van der Waals surface area contributed by atoms with Crippen molar-refractivity contribution in [2.24, 2.45) is 5.92 Å². The number of aliphatic hydroxyl groups is 1. The van der Waals surface area contributed by atoms with Crippen LogP contribution in [0.3, 0.4) is 0 Å². The van der Waals surface area contributed by atoms with E-state index in [2.05, 4.69) is 20.5 Å². The summed E-state index contributed by atoms with van der Waals surface area (Å²) in [5.41, 5.74) is 2.13. The lowest BCUT2D eigenvalue weighted by atomic mass is 10.1. The lowest BCUT2D eigenvalue weighted by Crippen LogP contribution is -2.32. The summed E-state index contributed by atoms with van der Waals surface area (Å²) >= 11 is 6.29. The highest BCUT2D eigenvalue weighted by molar-refractivity contribution is 6.31. The molecule has 0 spiro atoms. The molecule has 1 atom stereocenters. The Morgan fingerprint density at radius 3 is 2.94 bits per heavy atom. The molecule has 36 heavy (non-hydrogen) atoms. The Morgan fingerprint density at radius 2 is 2.17 bits per heavy atom. The quantitative estimate of drug-likeness (QED) is 0.391. The first-order valence-electron chi connectivity index (χ1n) is 11.4. The second kappa shape index (κ2) is 9.96. The van der Waals surface area contributed by atoms with Gasteiger partial charge in [0.1, 0.15) is 23.6 Å². The van der Waals surface area contributed by atoms with Gasteiger partial charge in [0.15, 0.2) is 5.65 Å². The minimum Gasteiger partial charge on any atom is -0.497 e. The number of hydrogen-bond acceptors (Lipinski definition) is 7. The molecule has 2 N–H and O–H groups in total. The number of carbonyl (C=O) groups is 2. The zero-order chi connectivity index (χ0) is 25.2. The number of methoxy groups -OCH3 is 1. The van der Waals surface area contributed by atoms with Gasteiger partial charge in [0, 0.05) is 54.8 Å². The topological polar surface area (TPSA) is 127 Å². The fraction of sp³-hybridized carbons (Fsp3) is 0.292. The number of likely N-dealkylation sites (tertiary alicyclic amines) is 1. The van der Waals surface area contributed by atoms with Crippen molar-refractivity contribution in [3.63, 3.8) is 0 Å². The number of carbonyl (C=O) groups excluding carboxylic acids is 2. The first-order chi connectivity index (χ1) is 17.4. The maximum absolute atomic E-state index is 13.2. The van der Waals surface area contributed by atoms with Crippen LogP contribution in [-0.4, -0.2) is 73.0 Å². The van der Waals surface area contributed by atoms with Crippen LogP contribution in [-0.2, 0) is 11.3 Å². The lowest BCUT2D eigenvalue weighted by molar-refractivity contribution is -0.131. The molecule has 0 bridgehead atoms. The van der Waals surface area contributed by atoms with Crippen molar-refractivity contribution in [2.45, 2.75) is 13.0 Å². The Labute approximate surface area is 211 Å². The van der Waals surface area contributed by atoms with Gasteiger partial charge in [-0.1, -0.05) is 11.6 Å². The van der Waals surface area contributed by atoms with E-state index in [4.69, 9.17) is 16.3 Å². The van der Waals surface area contributed by atoms with Gasteiger partial charge in [-0.3, -0.25) is 14.3 Å². The molecule has 186 valence electrons. The molecule has 1 saturated heterocycles. The monoisotopic (exact) mass is 509 g/mol. The zero-order valence-electron chi connectivity index (χ0n) is 19.5. The van der Waals surface area contributed by atoms with Crippen molar-refractivity contribution in [3.8, 4) is 17.0 Å². The molecule has 4 aromatic rings. The van der Waals surface area contributed by atoms with Gasteiger partial charge in [0.05, 0.1) is 19.0 Å². The van der Waals surface area contributed by atoms with Crippen molar-refractivity contribution < 1.29 is 19.4 Å². The number of ether oxygens (including phenoxy) is 1. The molecule has 1 aromatic carbocycles. The predicted molar refractivity (Wildman–Crippen MR) is 132 cm³/mol. The number of hydrogen-bond donors (Lipinski definition) is 2. The maximum atomic E-state index is 13.2. The Morgan fingerprint density at radius 1 is 1.31 bits per heavy atom. The Kier molecular flexibility index (Phi) is 6.57. The molecule has 1 aliphatic rings. The molecular formula is C24H24ClN7O4. The van der Waals surface area contributed by atoms with Gasteiger partial charge >= 0.3 is 0 Å². The predicted octanol–water partition coefficient (Wildman–Crippen LogP) is 2.35. The molecule has 3 aromatic heterocycles. The number of aromatic nitrogens is 5. The SMILES string of the molecule is COc1cc(Cl)cc(-c2nn(CC(=O)N3CC[C@H](CO)C3)cc2NC(=O)c2cnn3cccnc23)c1. The van der Waals surface area contributed by atoms with Crippen molar-refractivity contribution in [1.29, 1.82) is 0 Å². The summed E-state index contributed by atoms with van der Waals surface area (Å²) in [6, 6.07) is 6.84. The van der Waals surface area contributed by atoms with Crippen LogP contribution in [0.25, 0.3) is 16.9 Å². The van der Waals surface area contributed by atoms with E-state index < -0.39 is 5.91 Å². The minimum atomic E-state index is -0.421. The molecule has 1 aliphatic heterocycles. The van der Waals surface area contributed by atoms with E-state index >= 15 is 0 Å². The highest BCUT2D eigenvalue weighted by Gasteiger charge is 2.26. The summed E-state index contributed by atoms with van der Waals surface area (Å²) in [5, 5.41) is 21.5. The van der Waals surface area contributed by atoms with Gasteiger partial charge in [0.2, 0.25) is 5.91 Å². The molecule has 0 unspecified atom stereocenters. The molecule has 5 rings (SSSR count). The van der Waals surface area contributed by atoms with Crippen molar-refractivity contribution >= 4 is 34.7 Å². The van der Waals surface area contributed by atoms with Crippen LogP contribution in [0.1, 0.15) is 16.8 Å². The number of benzene rings is 1. The highest BCUT2D eigenvalue weighted by Crippen LogP contribution is 2.32. The van der Waals surface area contributed by atoms with Crippen molar-refractivity contribution in [2.75, 3.05) is 32.1 Å². The third kappa shape index (κ3) is 4.75. The summed E-state index contributed by atoms with van der Waals surface area (Å²) in [5.74, 6) is 0.0817. The number of amides is 2. The van der Waals surface area contributed by atoms with Gasteiger partial charge in [-0.15, -0.1) is 0 Å². The summed E-state index contributed by atoms with van der Waals surface area (Å²) in [7, 11) is 1.53. The number of fused-ring (bicyclic) bond motifs is 1. The molecule has 12 heteroatoms. The second-order valence-electron chi connectivity index (χ2n) is 8.55. The largest absolute Gasteiger partial charge is 0.497 e. The van der Waals surface area contributed by atoms with Crippen LogP contribution in [0.15, 0.2) is 49.1 Å². The molecule has 0 radical (unpaired) electrons. The fourth-order valence-corrected chi connectivity index (χ4v) is 4.47. The highest BCUT2D eigenvalue weighted by atomic mass is 35.5. The molecular weight excluding hydrogens is 486 g/mol. The minimum absolute atomic E-state index is 0.0169. The third-order valence-electron chi connectivity index (χ3n) is 6.11. The molecule has 2 amide bonds. The van der Waals surface area contributed by atoms with E-state index in [1.807, 2.05) is 0 Å². The van der Waals surface area contributed by atoms with Crippen molar-refractivity contribution in [3.05, 3.63) is 59.6 Å². The molecule has 11 nitrogen and oxygen atoms in total. The van der Waals surface area contributed by atoms with Crippen LogP contribution >= 0.6 is 11.6 Å². The van der Waals surface area contributed by atoms with E-state index in [1.165, 1.54) is 22.5 Å². The number of nitrogens with one attached hydrogen (secondary N) is 1. The molecule has 4 heterocycles. The van der Waals surface area contributed by atoms with Crippen LogP contribution in [0.2, 0.25) is 5.02 Å². The van der Waals surface area contributed by atoms with Crippen LogP contribution < -0.4 is 10.1 Å². The normalized spacial score (nSPS) is 15.4. The first kappa shape index (κ1) is 23.8. The Balaban J connectivity index is 1.47. The van der Waals surface area contributed by atoms with Crippen LogP contribution in [0, 0.1) is 5.92 Å². The number of nitrogens with zero attached hydrogens (tertiary/aromatic N) is 6. The Hall–Kier alpha value is -3.96. The average Bonchev–Trinajstić information content (AvgIpc) is 3.62. The summed E-state index contributed by atoms with van der Waals surface area (Å²) in [4.78, 5) is 32.0. The number of anilines is 1. The first-order valence-corrected chi connectivity index (χ1v) is 11.7. The number of aliphatic hydroxyl groups excluding tert-OH is 1. The van der Waals surface area contributed by atoms with E-state index in [0.717, 1.165) is 6.42 Å². The maximum Gasteiger partial charge on any atom is 0.261 e. The van der Waals surface area contributed by atoms with Gasteiger partial charge in [0.25, 0.3) is 5.91 Å².